The number of nitrogens with zero attached hydrogens (tertiary/aromatic N) is 8. The molecule has 2 aliphatic heterocycles. The van der Waals surface area contributed by atoms with Gasteiger partial charge < -0.3 is 18.6 Å². The zero-order valence-electron chi connectivity index (χ0n) is 63.3. The number of benzene rings is 17. The molecule has 0 fully saturated rings. The van der Waals surface area contributed by atoms with Crippen molar-refractivity contribution in [1.82, 2.24) is 39.0 Å². The van der Waals surface area contributed by atoms with Crippen LogP contribution in [0.5, 0.6) is 23.0 Å². The van der Waals surface area contributed by atoms with Crippen LogP contribution < -0.4 is 9.47 Å². The molecule has 0 saturated heterocycles. The van der Waals surface area contributed by atoms with E-state index >= 15 is 0 Å². The molecule has 4 aliphatic rings. The molecule has 0 unspecified atom stereocenters. The highest BCUT2D eigenvalue weighted by Crippen LogP contribution is 2.65. The molecule has 2 spiro atoms. The first-order valence-corrected chi connectivity index (χ1v) is 40.0. The Balaban J connectivity index is 0.612. The van der Waals surface area contributed by atoms with Crippen LogP contribution in [-0.2, 0) is 10.8 Å². The number of para-hydroxylation sites is 3. The van der Waals surface area contributed by atoms with Gasteiger partial charge in [0.05, 0.1) is 32.9 Å². The first kappa shape index (κ1) is 65.7. The molecule has 4 aromatic heterocycles. The lowest BCUT2D eigenvalue weighted by Crippen LogP contribution is -2.32. The Bertz CT molecular complexity index is 7690. The van der Waals surface area contributed by atoms with Crippen LogP contribution in [0.1, 0.15) is 44.5 Å². The van der Waals surface area contributed by atoms with Gasteiger partial charge in [-0.25, -0.2) is 29.9 Å². The number of hydrogen-bond donors (Lipinski definition) is 0. The molecule has 2 aliphatic carbocycles. The Morgan fingerprint density at radius 1 is 0.195 bits per heavy atom. The highest BCUT2D eigenvalue weighted by molar-refractivity contribution is 6.22. The highest BCUT2D eigenvalue weighted by atomic mass is 16.5. The third-order valence-electron chi connectivity index (χ3n) is 25.0. The lowest BCUT2D eigenvalue weighted by Gasteiger charge is -2.39. The molecule has 10 nitrogen and oxygen atoms in total. The Morgan fingerprint density at radius 2 is 0.568 bits per heavy atom. The molecule has 17 aromatic carbocycles. The molecule has 6 heterocycles. The molecule has 0 N–H and O–H groups in total. The van der Waals surface area contributed by atoms with Crippen molar-refractivity contribution in [3.05, 3.63) is 433 Å². The van der Waals surface area contributed by atoms with Crippen molar-refractivity contribution in [2.24, 2.45) is 0 Å². The van der Waals surface area contributed by atoms with Gasteiger partial charge in [0.25, 0.3) is 0 Å². The molecule has 0 bridgehead atoms. The number of fused-ring (bicyclic) bond motifs is 26. The minimum absolute atomic E-state index is 0.539. The lowest BCUT2D eigenvalue weighted by atomic mass is 9.65. The van der Waals surface area contributed by atoms with E-state index in [-0.39, 0.29) is 0 Å². The molecule has 0 atom stereocenters. The second-order valence-electron chi connectivity index (χ2n) is 31.1. The third-order valence-corrected chi connectivity index (χ3v) is 25.0. The van der Waals surface area contributed by atoms with Gasteiger partial charge in [-0.15, -0.1) is 0 Å². The lowest BCUT2D eigenvalue weighted by molar-refractivity contribution is 0.436. The summed E-state index contributed by atoms with van der Waals surface area (Å²) in [7, 11) is 0. The van der Waals surface area contributed by atoms with E-state index < -0.39 is 10.8 Å². The average molecular weight is 1510 g/mol. The van der Waals surface area contributed by atoms with Crippen LogP contribution in [0.4, 0.5) is 0 Å². The molecule has 25 rings (SSSR count). The van der Waals surface area contributed by atoms with Crippen LogP contribution in [-0.4, -0.2) is 39.0 Å². The number of aromatic nitrogens is 8. The Labute approximate surface area is 678 Å². The molecular weight excluding hydrogens is 1440 g/mol. The van der Waals surface area contributed by atoms with Crippen molar-refractivity contribution in [1.29, 1.82) is 0 Å². The molecule has 0 amide bonds. The van der Waals surface area contributed by atoms with Crippen molar-refractivity contribution in [3.8, 4) is 136 Å². The van der Waals surface area contributed by atoms with Gasteiger partial charge in [0.1, 0.15) is 23.0 Å². The molecule has 21 aromatic rings. The van der Waals surface area contributed by atoms with Crippen molar-refractivity contribution >= 4 is 54.4 Å². The van der Waals surface area contributed by atoms with Gasteiger partial charge in [0, 0.05) is 88.6 Å². The third kappa shape index (κ3) is 9.56. The molecule has 548 valence electrons. The van der Waals surface area contributed by atoms with Crippen LogP contribution >= 0.6 is 0 Å². The van der Waals surface area contributed by atoms with Gasteiger partial charge >= 0.3 is 0 Å². The summed E-state index contributed by atoms with van der Waals surface area (Å²) in [4.78, 5) is 32.0. The summed E-state index contributed by atoms with van der Waals surface area (Å²) in [6.45, 7) is 0. The van der Waals surface area contributed by atoms with Crippen molar-refractivity contribution < 1.29 is 9.47 Å². The van der Waals surface area contributed by atoms with Crippen molar-refractivity contribution in [3.63, 3.8) is 0 Å². The molecular formula is C108H64N8O2. The maximum Gasteiger partial charge on any atom is 0.164 e. The van der Waals surface area contributed by atoms with Crippen molar-refractivity contribution in [2.45, 2.75) is 10.8 Å². The Hall–Kier alpha value is -15.8. The second kappa shape index (κ2) is 25.4. The molecule has 0 saturated carbocycles. The minimum atomic E-state index is -0.786. The standard InChI is InChI=1S/C108H64N8O2/c1-3-25-66(26-4-1)101-109-103(68-46-53-74(54-47-68)115-92-43-20-13-36-81(92)82-37-14-21-44-93(82)115)113-106(112-101)73-48-55-89-99(64-73)118-98-58-51-70(62-90(98)108(89)86-40-17-11-34-79(86)80-35-12-18-41-87(80)108)69-50-56-94-83(61-69)100-76-31-8-7-24-65(76)49-57-95(100)116(94)75-30-23-29-71(60-75)104-110-102(67-27-5-2-6-28-67)111-105(114-104)72-52-59-97-91(63-72)107(88-42-19-22-45-96(88)117-97)84-38-15-9-32-77(84)78-33-10-16-39-85(78)107/h1-64H. The first-order valence-electron chi connectivity index (χ1n) is 40.0. The van der Waals surface area contributed by atoms with Gasteiger partial charge in [-0.3, -0.25) is 0 Å². The molecule has 10 heteroatoms. The molecule has 118 heavy (non-hydrogen) atoms. The van der Waals surface area contributed by atoms with E-state index in [0.717, 1.165) is 139 Å². The van der Waals surface area contributed by atoms with Crippen LogP contribution in [0.15, 0.2) is 388 Å². The monoisotopic (exact) mass is 1500 g/mol. The zero-order chi connectivity index (χ0) is 77.3. The van der Waals surface area contributed by atoms with Gasteiger partial charge in [-0.05, 0) is 176 Å². The van der Waals surface area contributed by atoms with E-state index in [1.165, 1.54) is 60.7 Å². The van der Waals surface area contributed by atoms with E-state index in [9.17, 15) is 0 Å². The Morgan fingerprint density at radius 3 is 1.15 bits per heavy atom. The van der Waals surface area contributed by atoms with E-state index in [0.29, 0.717) is 34.9 Å². The van der Waals surface area contributed by atoms with Crippen LogP contribution in [0, 0.1) is 0 Å². The normalized spacial score (nSPS) is 13.4. The Kier molecular flexibility index (Phi) is 14.1. The van der Waals surface area contributed by atoms with Crippen LogP contribution in [0.25, 0.3) is 167 Å². The van der Waals surface area contributed by atoms with E-state index in [2.05, 4.69) is 361 Å². The van der Waals surface area contributed by atoms with E-state index in [4.69, 9.17) is 39.4 Å². The number of ether oxygens (including phenoxy) is 2. The fourth-order valence-electron chi connectivity index (χ4n) is 19.9. The quantitative estimate of drug-likeness (QED) is 0.141. The summed E-state index contributed by atoms with van der Waals surface area (Å²) in [6, 6.07) is 139. The second-order valence-corrected chi connectivity index (χ2v) is 31.1. The first-order chi connectivity index (χ1) is 58.5. The summed E-state index contributed by atoms with van der Waals surface area (Å²) in [5, 5.41) is 7.04. The minimum Gasteiger partial charge on any atom is -0.457 e. The smallest absolute Gasteiger partial charge is 0.164 e. The van der Waals surface area contributed by atoms with Gasteiger partial charge in [-0.2, -0.15) is 0 Å². The largest absolute Gasteiger partial charge is 0.457 e. The predicted octanol–water partition coefficient (Wildman–Crippen LogP) is 26.0. The van der Waals surface area contributed by atoms with Gasteiger partial charge in [0.15, 0.2) is 34.9 Å². The van der Waals surface area contributed by atoms with E-state index in [1.54, 1.807) is 0 Å². The maximum atomic E-state index is 7.39. The SMILES string of the molecule is c1ccc(-c2nc(-c3ccc(-n4c5ccccc5c5ccccc54)cc3)nc(-c3ccc4c(c3)Oc3ccc(-c5ccc6c(c5)c5c7ccccc7ccc5n6-c5cccc(-c6nc(-c7ccccc7)nc(-c7ccc8c(c7)C7(c9ccccc9O8)c8ccccc8-c8ccccc87)n6)c5)cc3C43c4ccccc4-c4ccccc43)n2)cc1. The summed E-state index contributed by atoms with van der Waals surface area (Å²) in [5.41, 5.74) is 26.1. The van der Waals surface area contributed by atoms with Crippen LogP contribution in [0.3, 0.4) is 0 Å². The van der Waals surface area contributed by atoms with E-state index in [1.807, 2.05) is 36.4 Å². The van der Waals surface area contributed by atoms with Crippen LogP contribution in [0.2, 0.25) is 0 Å². The van der Waals surface area contributed by atoms with Gasteiger partial charge in [0.2, 0.25) is 0 Å². The summed E-state index contributed by atoms with van der Waals surface area (Å²) in [5.74, 6) is 6.50. The fourth-order valence-corrected chi connectivity index (χ4v) is 19.9. The fraction of sp³-hybridized carbons (Fsp3) is 0.0185. The van der Waals surface area contributed by atoms with Gasteiger partial charge in [-0.1, -0.05) is 279 Å². The number of hydrogen-bond acceptors (Lipinski definition) is 8. The predicted molar refractivity (Wildman–Crippen MR) is 472 cm³/mol. The summed E-state index contributed by atoms with van der Waals surface area (Å²) >= 11 is 0. The number of rotatable bonds is 9. The highest BCUT2D eigenvalue weighted by Gasteiger charge is 2.53. The zero-order valence-corrected chi connectivity index (χ0v) is 63.3. The molecule has 0 radical (unpaired) electrons. The summed E-state index contributed by atoms with van der Waals surface area (Å²) < 4.78 is 19.0. The topological polar surface area (TPSA) is 106 Å². The van der Waals surface area contributed by atoms with Crippen molar-refractivity contribution in [2.75, 3.05) is 0 Å². The maximum absolute atomic E-state index is 7.39. The summed E-state index contributed by atoms with van der Waals surface area (Å²) in [6.07, 6.45) is 0. The average Bonchev–Trinajstić information content (AvgIpc) is 1.53.